The molecular weight excluding hydrogens is 138 g/mol. The van der Waals surface area contributed by atoms with Crippen molar-refractivity contribution in [3.8, 4) is 0 Å². The summed E-state index contributed by atoms with van der Waals surface area (Å²) in [5.74, 6) is 0.108. The highest BCUT2D eigenvalue weighted by Crippen LogP contribution is 2.17. The van der Waals surface area contributed by atoms with E-state index in [9.17, 15) is 4.79 Å². The first-order valence-electron chi connectivity index (χ1n) is 3.70. The van der Waals surface area contributed by atoms with Gasteiger partial charge in [-0.1, -0.05) is 18.2 Å². The number of carbonyl (C=O) groups is 1. The second-order valence-electron chi connectivity index (χ2n) is 3.26. The van der Waals surface area contributed by atoms with Gasteiger partial charge in [-0.3, -0.25) is 4.79 Å². The van der Waals surface area contributed by atoms with E-state index in [0.29, 0.717) is 0 Å². The third-order valence-electron chi connectivity index (χ3n) is 1.81. The summed E-state index contributed by atoms with van der Waals surface area (Å²) in [6.45, 7) is 3.51. The Morgan fingerprint density at radius 2 is 2.36 bits per heavy atom. The van der Waals surface area contributed by atoms with Crippen LogP contribution in [0.5, 0.6) is 0 Å². The van der Waals surface area contributed by atoms with Crippen LogP contribution in [0.1, 0.15) is 20.3 Å². The highest BCUT2D eigenvalue weighted by atomic mass is 16.1. The maximum absolute atomic E-state index is 10.8. The van der Waals surface area contributed by atoms with Crippen LogP contribution >= 0.6 is 0 Å². The first kappa shape index (κ1) is 8.21. The molecule has 0 spiro atoms. The van der Waals surface area contributed by atoms with Crippen LogP contribution in [0, 0.1) is 0 Å². The summed E-state index contributed by atoms with van der Waals surface area (Å²) in [5.41, 5.74) is 6.30. The molecule has 0 aliphatic heterocycles. The summed E-state index contributed by atoms with van der Waals surface area (Å²) in [7, 11) is 0. The fourth-order valence-electron chi connectivity index (χ4n) is 1.01. The Morgan fingerprint density at radius 1 is 1.73 bits per heavy atom. The van der Waals surface area contributed by atoms with E-state index in [1.165, 1.54) is 0 Å². The van der Waals surface area contributed by atoms with Crippen LogP contribution in [0.2, 0.25) is 0 Å². The largest absolute Gasteiger partial charge is 0.322 e. The lowest BCUT2D eigenvalue weighted by molar-refractivity contribution is -0.113. The van der Waals surface area contributed by atoms with Crippen molar-refractivity contribution in [1.29, 1.82) is 0 Å². The van der Waals surface area contributed by atoms with Crippen LogP contribution in [0.3, 0.4) is 0 Å². The third kappa shape index (κ3) is 2.02. The van der Waals surface area contributed by atoms with Crippen molar-refractivity contribution >= 4 is 5.78 Å². The highest BCUT2D eigenvalue weighted by molar-refractivity contribution is 5.96. The molecule has 0 aromatic rings. The Labute approximate surface area is 66.8 Å². The van der Waals surface area contributed by atoms with E-state index in [4.69, 9.17) is 5.73 Å². The van der Waals surface area contributed by atoms with E-state index in [2.05, 4.69) is 0 Å². The predicted octanol–water partition coefficient (Wildman–Crippen LogP) is 1.18. The predicted molar refractivity (Wildman–Crippen MR) is 45.1 cm³/mol. The number of nitrogens with two attached hydrogens (primary N) is 1. The third-order valence-corrected chi connectivity index (χ3v) is 1.81. The van der Waals surface area contributed by atoms with Gasteiger partial charge in [0.2, 0.25) is 0 Å². The Bertz CT molecular complexity index is 236. The number of Topliss-reactive ketones (excluding diaryl/α,β-unsaturated/α-hetero) is 1. The zero-order valence-corrected chi connectivity index (χ0v) is 6.92. The minimum Gasteiger partial charge on any atom is -0.322 e. The standard InChI is InChI=1S/C9H13NO/c1-7(11)8-3-5-9(2,10)6-4-8/h3-5H,6,10H2,1-2H3. The fraction of sp³-hybridized carbons (Fsp3) is 0.444. The van der Waals surface area contributed by atoms with Gasteiger partial charge in [-0.05, 0) is 20.3 Å². The van der Waals surface area contributed by atoms with Gasteiger partial charge >= 0.3 is 0 Å². The summed E-state index contributed by atoms with van der Waals surface area (Å²) >= 11 is 0. The number of hydrogen-bond acceptors (Lipinski definition) is 2. The summed E-state index contributed by atoms with van der Waals surface area (Å²) in [6, 6.07) is 0. The van der Waals surface area contributed by atoms with E-state index >= 15 is 0 Å². The lowest BCUT2D eigenvalue weighted by Gasteiger charge is -2.21. The molecule has 0 heterocycles. The van der Waals surface area contributed by atoms with Crippen molar-refractivity contribution in [2.45, 2.75) is 25.8 Å². The molecule has 0 aromatic carbocycles. The molecule has 1 aliphatic rings. The van der Waals surface area contributed by atoms with E-state index in [0.717, 1.165) is 12.0 Å². The zero-order valence-electron chi connectivity index (χ0n) is 6.92. The molecule has 60 valence electrons. The molecule has 1 atom stereocenters. The van der Waals surface area contributed by atoms with Crippen molar-refractivity contribution in [3.05, 3.63) is 23.8 Å². The van der Waals surface area contributed by atoms with Crippen molar-refractivity contribution in [2.24, 2.45) is 5.73 Å². The molecule has 2 nitrogen and oxygen atoms in total. The first-order chi connectivity index (χ1) is 5.01. The van der Waals surface area contributed by atoms with Gasteiger partial charge in [0.25, 0.3) is 0 Å². The Hall–Kier alpha value is -0.890. The summed E-state index contributed by atoms with van der Waals surface area (Å²) in [4.78, 5) is 10.8. The van der Waals surface area contributed by atoms with Gasteiger partial charge in [0.05, 0.1) is 0 Å². The van der Waals surface area contributed by atoms with Crippen molar-refractivity contribution < 1.29 is 4.79 Å². The summed E-state index contributed by atoms with van der Waals surface area (Å²) in [6.07, 6.45) is 6.32. The molecule has 0 saturated carbocycles. The molecule has 1 unspecified atom stereocenters. The molecule has 2 N–H and O–H groups in total. The molecule has 2 heteroatoms. The zero-order chi connectivity index (χ0) is 8.48. The number of hydrogen-bond donors (Lipinski definition) is 1. The van der Waals surface area contributed by atoms with Gasteiger partial charge in [-0.25, -0.2) is 0 Å². The maximum atomic E-state index is 10.8. The summed E-state index contributed by atoms with van der Waals surface area (Å²) in [5, 5.41) is 0. The van der Waals surface area contributed by atoms with E-state index < -0.39 is 0 Å². The fourth-order valence-corrected chi connectivity index (χ4v) is 1.01. The van der Waals surface area contributed by atoms with Crippen LogP contribution in [0.15, 0.2) is 23.8 Å². The van der Waals surface area contributed by atoms with Gasteiger partial charge in [0, 0.05) is 11.1 Å². The van der Waals surface area contributed by atoms with Gasteiger partial charge in [-0.15, -0.1) is 0 Å². The van der Waals surface area contributed by atoms with Crippen LogP contribution < -0.4 is 5.73 Å². The van der Waals surface area contributed by atoms with Gasteiger partial charge in [0.1, 0.15) is 0 Å². The van der Waals surface area contributed by atoms with Crippen molar-refractivity contribution in [2.75, 3.05) is 0 Å². The minimum atomic E-state index is -0.265. The Kier molecular flexibility index (Phi) is 1.96. The molecule has 0 fully saturated rings. The molecule has 0 bridgehead atoms. The number of allylic oxidation sites excluding steroid dienone is 2. The monoisotopic (exact) mass is 151 g/mol. The van der Waals surface area contributed by atoms with Crippen LogP contribution in [-0.2, 0) is 4.79 Å². The molecule has 0 amide bonds. The lowest BCUT2D eigenvalue weighted by atomic mass is 9.91. The smallest absolute Gasteiger partial charge is 0.159 e. The van der Waals surface area contributed by atoms with Crippen molar-refractivity contribution in [1.82, 2.24) is 0 Å². The highest BCUT2D eigenvalue weighted by Gasteiger charge is 2.17. The van der Waals surface area contributed by atoms with Gasteiger partial charge < -0.3 is 5.73 Å². The van der Waals surface area contributed by atoms with Crippen LogP contribution in [-0.4, -0.2) is 11.3 Å². The average molecular weight is 151 g/mol. The molecular formula is C9H13NO. The lowest BCUT2D eigenvalue weighted by Crippen LogP contribution is -2.34. The number of rotatable bonds is 1. The van der Waals surface area contributed by atoms with Gasteiger partial charge in [-0.2, -0.15) is 0 Å². The molecule has 1 rings (SSSR count). The van der Waals surface area contributed by atoms with E-state index in [1.807, 2.05) is 19.1 Å². The second-order valence-corrected chi connectivity index (χ2v) is 3.26. The second kappa shape index (κ2) is 2.62. The Morgan fingerprint density at radius 3 is 2.73 bits per heavy atom. The molecule has 0 radical (unpaired) electrons. The van der Waals surface area contributed by atoms with E-state index in [-0.39, 0.29) is 11.3 Å². The average Bonchev–Trinajstić information content (AvgIpc) is 1.86. The van der Waals surface area contributed by atoms with E-state index in [1.54, 1.807) is 13.0 Å². The summed E-state index contributed by atoms with van der Waals surface area (Å²) < 4.78 is 0. The SMILES string of the molecule is CC(=O)C1=CCC(C)(N)C=C1. The molecule has 0 saturated heterocycles. The topological polar surface area (TPSA) is 43.1 Å². The van der Waals surface area contributed by atoms with Crippen LogP contribution in [0.25, 0.3) is 0 Å². The first-order valence-corrected chi connectivity index (χ1v) is 3.70. The molecule has 11 heavy (non-hydrogen) atoms. The van der Waals surface area contributed by atoms with Crippen LogP contribution in [0.4, 0.5) is 0 Å². The minimum absolute atomic E-state index is 0.108. The number of carbonyl (C=O) groups excluding carboxylic acids is 1. The number of ketones is 1. The van der Waals surface area contributed by atoms with Gasteiger partial charge in [0.15, 0.2) is 5.78 Å². The molecule has 1 aliphatic carbocycles. The quantitative estimate of drug-likeness (QED) is 0.611. The maximum Gasteiger partial charge on any atom is 0.159 e. The Balaban J connectivity index is 2.75. The normalized spacial score (nSPS) is 29.9. The molecule has 0 aromatic heterocycles. The van der Waals surface area contributed by atoms with Crippen molar-refractivity contribution in [3.63, 3.8) is 0 Å².